The Morgan fingerprint density at radius 3 is 1.24 bits per heavy atom. The first kappa shape index (κ1) is 23.9. The predicted molar refractivity (Wildman–Crippen MR) is 46.7 cm³/mol. The van der Waals surface area contributed by atoms with Crippen LogP contribution in [0.3, 0.4) is 0 Å². The summed E-state index contributed by atoms with van der Waals surface area (Å²) in [6.45, 7) is 0. The van der Waals surface area contributed by atoms with Gasteiger partial charge in [-0.05, 0) is 0 Å². The Hall–Kier alpha value is -1.07. The van der Waals surface area contributed by atoms with Crippen LogP contribution in [0.2, 0.25) is 0 Å². The molecule has 0 aliphatic rings. The highest BCUT2D eigenvalue weighted by atomic mass is 32.2. The van der Waals surface area contributed by atoms with Gasteiger partial charge in [-0.1, -0.05) is 0 Å². The van der Waals surface area contributed by atoms with Crippen LogP contribution in [0.25, 0.3) is 0 Å². The first-order chi connectivity index (χ1) is 10.6. The molecule has 25 heavy (non-hydrogen) atoms. The number of halogens is 14. The van der Waals surface area contributed by atoms with Gasteiger partial charge in [0.15, 0.2) is 0 Å². The fourth-order valence-electron chi connectivity index (χ4n) is 0.924. The van der Waals surface area contributed by atoms with Gasteiger partial charge in [-0.15, -0.1) is 0 Å². The fourth-order valence-corrected chi connectivity index (χ4v) is 1.38. The minimum Gasteiger partial charge on any atom is -0.219 e. The SMILES string of the molecule is O=S(=O)(OC(F)C(F)(F)C(F)(F)C(F)(F)C(F)(F)C(F)F)C(F)(F)F. The Bertz CT molecular complexity index is 578. The molecular formula is C7H2F14O3S. The van der Waals surface area contributed by atoms with Gasteiger partial charge in [0.2, 0.25) is 0 Å². The minimum atomic E-state index is -7.81. The Labute approximate surface area is 127 Å². The average molecular weight is 432 g/mol. The van der Waals surface area contributed by atoms with Crippen LogP contribution in [0.1, 0.15) is 0 Å². The zero-order valence-electron chi connectivity index (χ0n) is 10.6. The molecule has 0 aromatic carbocycles. The van der Waals surface area contributed by atoms with Crippen LogP contribution < -0.4 is 0 Å². The summed E-state index contributed by atoms with van der Waals surface area (Å²) in [7, 11) is -7.41. The molecule has 1 atom stereocenters. The lowest BCUT2D eigenvalue weighted by molar-refractivity contribution is -0.400. The van der Waals surface area contributed by atoms with E-state index in [9.17, 15) is 69.9 Å². The molecule has 0 heterocycles. The molecule has 0 spiro atoms. The van der Waals surface area contributed by atoms with E-state index in [2.05, 4.69) is 0 Å². The van der Waals surface area contributed by atoms with E-state index in [1.54, 1.807) is 0 Å². The van der Waals surface area contributed by atoms with Crippen LogP contribution in [0.15, 0.2) is 0 Å². The number of alkyl halides is 14. The zero-order valence-corrected chi connectivity index (χ0v) is 11.4. The van der Waals surface area contributed by atoms with Crippen LogP contribution >= 0.6 is 0 Å². The molecule has 3 nitrogen and oxygen atoms in total. The Kier molecular flexibility index (Phi) is 6.00. The third-order valence-electron chi connectivity index (χ3n) is 2.29. The van der Waals surface area contributed by atoms with Crippen molar-refractivity contribution in [1.82, 2.24) is 0 Å². The van der Waals surface area contributed by atoms with E-state index >= 15 is 0 Å². The van der Waals surface area contributed by atoms with E-state index in [4.69, 9.17) is 0 Å². The summed E-state index contributed by atoms with van der Waals surface area (Å²) < 4.78 is 195. The van der Waals surface area contributed by atoms with Crippen molar-refractivity contribution >= 4 is 10.1 Å². The van der Waals surface area contributed by atoms with Gasteiger partial charge in [-0.25, -0.2) is 17.4 Å². The van der Waals surface area contributed by atoms with Gasteiger partial charge in [0.05, 0.1) is 0 Å². The van der Waals surface area contributed by atoms with Gasteiger partial charge in [0.25, 0.3) is 6.36 Å². The Morgan fingerprint density at radius 2 is 0.960 bits per heavy atom. The summed E-state index contributed by atoms with van der Waals surface area (Å²) >= 11 is 0. The highest BCUT2D eigenvalue weighted by Crippen LogP contribution is 2.55. The predicted octanol–water partition coefficient (Wildman–Crippen LogP) is 3.95. The van der Waals surface area contributed by atoms with Gasteiger partial charge < -0.3 is 0 Å². The Balaban J connectivity index is 5.99. The van der Waals surface area contributed by atoms with Crippen LogP contribution in [-0.2, 0) is 14.3 Å². The molecule has 0 radical (unpaired) electrons. The molecule has 0 saturated heterocycles. The molecular weight excluding hydrogens is 430 g/mol. The van der Waals surface area contributed by atoms with Gasteiger partial charge in [0, 0.05) is 0 Å². The zero-order chi connectivity index (χ0) is 20.9. The van der Waals surface area contributed by atoms with Gasteiger partial charge >= 0.3 is 45.7 Å². The highest BCUT2D eigenvalue weighted by molar-refractivity contribution is 7.87. The van der Waals surface area contributed by atoms with E-state index in [0.29, 0.717) is 0 Å². The number of rotatable bonds is 7. The van der Waals surface area contributed by atoms with E-state index < -0.39 is 52.1 Å². The van der Waals surface area contributed by atoms with E-state index in [-0.39, 0.29) is 0 Å². The second kappa shape index (κ2) is 6.27. The lowest BCUT2D eigenvalue weighted by Gasteiger charge is -2.36. The molecule has 0 rings (SSSR count). The van der Waals surface area contributed by atoms with Crippen molar-refractivity contribution < 1.29 is 74.1 Å². The van der Waals surface area contributed by atoms with E-state index in [0.717, 1.165) is 0 Å². The molecule has 0 aliphatic carbocycles. The maximum atomic E-state index is 12.9. The molecule has 18 heteroatoms. The molecule has 0 amide bonds. The van der Waals surface area contributed by atoms with Crippen molar-refractivity contribution in [2.75, 3.05) is 0 Å². The third kappa shape index (κ3) is 3.72. The Morgan fingerprint density at radius 1 is 0.640 bits per heavy atom. The lowest BCUT2D eigenvalue weighted by atomic mass is 9.99. The maximum absolute atomic E-state index is 12.9. The van der Waals surface area contributed by atoms with Crippen LogP contribution in [0.5, 0.6) is 0 Å². The van der Waals surface area contributed by atoms with E-state index in [1.165, 1.54) is 0 Å². The van der Waals surface area contributed by atoms with Crippen LogP contribution in [-0.4, -0.2) is 50.4 Å². The van der Waals surface area contributed by atoms with Crippen molar-refractivity contribution in [2.45, 2.75) is 42.0 Å². The standard InChI is InChI=1S/C7H2F14O3S/c8-1(9)3(11,12)5(15,16)6(17,18)4(13,14)2(10)24-25(22,23)7(19,20)21/h1-2H. The molecule has 0 fully saturated rings. The highest BCUT2D eigenvalue weighted by Gasteiger charge is 2.85. The van der Waals surface area contributed by atoms with Gasteiger partial charge in [-0.3, -0.25) is 0 Å². The van der Waals surface area contributed by atoms with Gasteiger partial charge in [0.1, 0.15) is 0 Å². The number of hydrogen-bond acceptors (Lipinski definition) is 3. The molecule has 1 unspecified atom stereocenters. The summed E-state index contributed by atoms with van der Waals surface area (Å²) in [6, 6.07) is 0. The second-order valence-electron chi connectivity index (χ2n) is 4.01. The summed E-state index contributed by atoms with van der Waals surface area (Å²) in [6.07, 6.45) is -11.5. The maximum Gasteiger partial charge on any atom is 0.523 e. The topological polar surface area (TPSA) is 43.4 Å². The van der Waals surface area contributed by atoms with Gasteiger partial charge in [-0.2, -0.15) is 56.7 Å². The molecule has 0 aromatic heterocycles. The normalized spacial score (nSPS) is 17.1. The van der Waals surface area contributed by atoms with Crippen molar-refractivity contribution in [3.8, 4) is 0 Å². The largest absolute Gasteiger partial charge is 0.523 e. The van der Waals surface area contributed by atoms with Crippen molar-refractivity contribution in [2.24, 2.45) is 0 Å². The molecule has 0 aliphatic heterocycles. The summed E-state index contributed by atoms with van der Waals surface area (Å²) in [5.74, 6) is -30.1. The monoisotopic (exact) mass is 432 g/mol. The lowest BCUT2D eigenvalue weighted by Crippen LogP contribution is -2.66. The van der Waals surface area contributed by atoms with Crippen LogP contribution in [0.4, 0.5) is 61.5 Å². The average Bonchev–Trinajstić information content (AvgIpc) is 2.35. The first-order valence-corrected chi connectivity index (χ1v) is 6.41. The first-order valence-electron chi connectivity index (χ1n) is 5.00. The summed E-state index contributed by atoms with van der Waals surface area (Å²) in [5, 5.41) is 0. The summed E-state index contributed by atoms with van der Waals surface area (Å²) in [5.41, 5.74) is -6.70. The molecule has 0 saturated carbocycles. The fraction of sp³-hybridized carbons (Fsp3) is 1.00. The molecule has 0 aromatic rings. The second-order valence-corrected chi connectivity index (χ2v) is 5.57. The van der Waals surface area contributed by atoms with Crippen molar-refractivity contribution in [1.29, 1.82) is 0 Å². The smallest absolute Gasteiger partial charge is 0.219 e. The minimum absolute atomic E-state index is 1.91. The number of hydrogen-bond donors (Lipinski definition) is 0. The molecule has 152 valence electrons. The quantitative estimate of drug-likeness (QED) is 0.348. The van der Waals surface area contributed by atoms with Crippen molar-refractivity contribution in [3.05, 3.63) is 0 Å². The molecule has 0 N–H and O–H groups in total. The van der Waals surface area contributed by atoms with E-state index in [1.807, 2.05) is 4.18 Å². The van der Waals surface area contributed by atoms with Crippen LogP contribution in [0, 0.1) is 0 Å². The summed E-state index contributed by atoms with van der Waals surface area (Å²) in [4.78, 5) is 0. The molecule has 0 bridgehead atoms. The third-order valence-corrected chi connectivity index (χ3v) is 3.27. The van der Waals surface area contributed by atoms with Crippen molar-refractivity contribution in [3.63, 3.8) is 0 Å².